The summed E-state index contributed by atoms with van der Waals surface area (Å²) in [5.74, 6) is 1.59. The Bertz CT molecular complexity index is 1340. The number of ether oxygens (including phenoxy) is 2. The Hall–Kier alpha value is -3.65. The first-order valence-electron chi connectivity index (χ1n) is 14.6. The van der Waals surface area contributed by atoms with E-state index in [1.165, 1.54) is 0 Å². The summed E-state index contributed by atoms with van der Waals surface area (Å²) in [4.78, 5) is 20.5. The Balaban J connectivity index is 1.43. The van der Waals surface area contributed by atoms with Crippen LogP contribution in [-0.2, 0) is 13.1 Å². The third-order valence-corrected chi connectivity index (χ3v) is 8.07. The lowest BCUT2D eigenvalue weighted by Gasteiger charge is -2.35. The molecule has 8 heteroatoms. The third kappa shape index (κ3) is 6.64. The fraction of sp³-hybridized carbons (Fsp3) is 0.455. The summed E-state index contributed by atoms with van der Waals surface area (Å²) in [5.41, 5.74) is 4.55. The summed E-state index contributed by atoms with van der Waals surface area (Å²) < 4.78 is 27.4. The molecule has 5 rings (SSSR count). The van der Waals surface area contributed by atoms with E-state index < -0.39 is 18.3 Å². The molecule has 2 aromatic rings. The second-order valence-electron chi connectivity index (χ2n) is 11.2. The van der Waals surface area contributed by atoms with Crippen molar-refractivity contribution >= 4 is 11.8 Å². The van der Waals surface area contributed by atoms with Gasteiger partial charge in [0, 0.05) is 31.8 Å². The summed E-state index contributed by atoms with van der Waals surface area (Å²) in [6.07, 6.45) is 5.88. The smallest absolute Gasteiger partial charge is 0.335 e. The van der Waals surface area contributed by atoms with Crippen molar-refractivity contribution in [1.29, 1.82) is 0 Å². The van der Waals surface area contributed by atoms with Gasteiger partial charge in [0.25, 0.3) is 0 Å². The van der Waals surface area contributed by atoms with Gasteiger partial charge < -0.3 is 19.5 Å². The average molecular weight is 562 g/mol. The van der Waals surface area contributed by atoms with Crippen molar-refractivity contribution in [2.75, 3.05) is 26.3 Å². The topological polar surface area (TPSA) is 74.6 Å². The molecule has 0 bridgehead atoms. The fourth-order valence-electron chi connectivity index (χ4n) is 5.94. The lowest BCUT2D eigenvalue weighted by atomic mass is 9.87. The number of carbonyl (C=O) groups is 1. The maximum Gasteiger partial charge on any atom is 0.335 e. The lowest BCUT2D eigenvalue weighted by Crippen LogP contribution is -2.47. The molecule has 0 aromatic heterocycles. The van der Waals surface area contributed by atoms with E-state index in [4.69, 9.17) is 9.47 Å². The Morgan fingerprint density at radius 3 is 2.51 bits per heavy atom. The molecule has 2 heterocycles. The third-order valence-electron chi connectivity index (χ3n) is 8.07. The van der Waals surface area contributed by atoms with Gasteiger partial charge in [0.05, 0.1) is 11.6 Å². The van der Waals surface area contributed by atoms with Crippen molar-refractivity contribution in [1.82, 2.24) is 9.80 Å². The molecule has 2 aromatic carbocycles. The number of carboxylic acids is 1. The molecule has 3 atom stereocenters. The largest absolute Gasteiger partial charge is 0.486 e. The zero-order valence-electron chi connectivity index (χ0n) is 24.2. The molecule has 7 nitrogen and oxygen atoms in total. The Morgan fingerprint density at radius 2 is 1.80 bits per heavy atom. The molecule has 3 aliphatic rings. The molecule has 0 radical (unpaired) electrons. The number of aliphatic imine (C=N–C) groups is 1. The minimum atomic E-state index is -1.34. The van der Waals surface area contributed by atoms with Gasteiger partial charge in [-0.05, 0) is 66.6 Å². The number of halogens is 1. The molecule has 0 spiro atoms. The molecule has 0 fully saturated rings. The van der Waals surface area contributed by atoms with Crippen LogP contribution in [0.15, 0.2) is 70.8 Å². The van der Waals surface area contributed by atoms with E-state index in [0.717, 1.165) is 65.4 Å². The minimum Gasteiger partial charge on any atom is -0.486 e. The predicted molar refractivity (Wildman–Crippen MR) is 158 cm³/mol. The van der Waals surface area contributed by atoms with Crippen LogP contribution in [0.3, 0.4) is 0 Å². The summed E-state index contributed by atoms with van der Waals surface area (Å²) in [5, 5.41) is 9.34. The van der Waals surface area contributed by atoms with Crippen LogP contribution in [0.25, 0.3) is 0 Å². The van der Waals surface area contributed by atoms with Gasteiger partial charge in [-0.1, -0.05) is 50.6 Å². The highest BCUT2D eigenvalue weighted by Crippen LogP contribution is 2.34. The monoisotopic (exact) mass is 561 g/mol. The molecule has 218 valence electrons. The van der Waals surface area contributed by atoms with E-state index in [2.05, 4.69) is 47.7 Å². The van der Waals surface area contributed by atoms with Crippen molar-refractivity contribution < 1.29 is 23.8 Å². The van der Waals surface area contributed by atoms with Gasteiger partial charge >= 0.3 is 5.97 Å². The van der Waals surface area contributed by atoms with Crippen molar-refractivity contribution in [2.45, 2.75) is 65.5 Å². The molecule has 3 unspecified atom stereocenters. The van der Waals surface area contributed by atoms with Crippen molar-refractivity contribution in [2.24, 2.45) is 10.9 Å². The highest BCUT2D eigenvalue weighted by atomic mass is 19.1. The van der Waals surface area contributed by atoms with Gasteiger partial charge in [-0.15, -0.1) is 0 Å². The highest BCUT2D eigenvalue weighted by molar-refractivity contribution is 6.01. The number of nitrogens with zero attached hydrogens (tertiary/aromatic N) is 3. The van der Waals surface area contributed by atoms with Crippen LogP contribution >= 0.6 is 0 Å². The molecule has 2 aliphatic heterocycles. The quantitative estimate of drug-likeness (QED) is 0.327. The van der Waals surface area contributed by atoms with Gasteiger partial charge in [-0.25, -0.2) is 14.2 Å². The van der Waals surface area contributed by atoms with Crippen LogP contribution in [0.2, 0.25) is 0 Å². The SMILES string of the molecule is CCCCN1C(C2=C(C)C=CCC2C)=NC(F)C1CN(Cc1ccc(C(=O)O)cc1)Cc1ccc2c(c1)OCCO2. The van der Waals surface area contributed by atoms with E-state index in [-0.39, 0.29) is 11.5 Å². The standard InChI is InChI=1S/C33H40FN3O4/c1-4-5-15-37-27(31(34)35-32(37)30-22(2)7-6-8-23(30)3)21-36(19-24-9-12-26(13-10-24)33(38)39)20-25-11-14-28-29(18-25)41-17-16-40-28/h6-7,9-14,18,23,27,31H,4-5,8,15-17,19-21H2,1-3H3,(H,38,39). The molecular weight excluding hydrogens is 521 g/mol. The van der Waals surface area contributed by atoms with E-state index in [1.807, 2.05) is 30.3 Å². The normalized spacial score (nSPS) is 21.9. The van der Waals surface area contributed by atoms with E-state index in [0.29, 0.717) is 32.8 Å². The van der Waals surface area contributed by atoms with Crippen LogP contribution in [-0.4, -0.2) is 65.4 Å². The number of rotatable bonds is 11. The van der Waals surface area contributed by atoms with Gasteiger partial charge in [0.1, 0.15) is 19.0 Å². The van der Waals surface area contributed by atoms with Gasteiger partial charge in [0.2, 0.25) is 6.30 Å². The number of unbranched alkanes of at least 4 members (excludes halogenated alkanes) is 1. The van der Waals surface area contributed by atoms with Gasteiger partial charge in [0.15, 0.2) is 11.5 Å². The number of benzene rings is 2. The molecule has 0 amide bonds. The lowest BCUT2D eigenvalue weighted by molar-refractivity contribution is 0.0697. The van der Waals surface area contributed by atoms with E-state index >= 15 is 4.39 Å². The first-order chi connectivity index (χ1) is 19.8. The summed E-state index contributed by atoms with van der Waals surface area (Å²) in [6, 6.07) is 12.4. The number of carboxylic acid groups (broad SMARTS) is 1. The zero-order valence-corrected chi connectivity index (χ0v) is 24.2. The van der Waals surface area contributed by atoms with Crippen LogP contribution in [0, 0.1) is 5.92 Å². The molecule has 1 N–H and O–H groups in total. The number of hydrogen-bond acceptors (Lipinski definition) is 6. The van der Waals surface area contributed by atoms with Gasteiger partial charge in [-0.2, -0.15) is 0 Å². The number of amidine groups is 1. The second-order valence-corrected chi connectivity index (χ2v) is 11.2. The molecule has 1 aliphatic carbocycles. The second kappa shape index (κ2) is 12.9. The number of fused-ring (bicyclic) bond motifs is 1. The molecule has 0 saturated heterocycles. The Morgan fingerprint density at radius 1 is 1.10 bits per heavy atom. The molecular formula is C33H40FN3O4. The zero-order chi connectivity index (χ0) is 28.9. The average Bonchev–Trinajstić information content (AvgIpc) is 3.25. The Labute approximate surface area is 242 Å². The van der Waals surface area contributed by atoms with Crippen molar-refractivity contribution in [3.05, 3.63) is 82.5 Å². The van der Waals surface area contributed by atoms with Crippen molar-refractivity contribution in [3.8, 4) is 11.5 Å². The fourth-order valence-corrected chi connectivity index (χ4v) is 5.94. The Kier molecular flexibility index (Phi) is 9.08. The maximum atomic E-state index is 15.9. The minimum absolute atomic E-state index is 0.245. The van der Waals surface area contributed by atoms with Crippen LogP contribution < -0.4 is 9.47 Å². The summed E-state index contributed by atoms with van der Waals surface area (Å²) >= 11 is 0. The highest BCUT2D eigenvalue weighted by Gasteiger charge is 2.40. The van der Waals surface area contributed by atoms with Crippen LogP contribution in [0.5, 0.6) is 11.5 Å². The molecule has 0 saturated carbocycles. The van der Waals surface area contributed by atoms with Crippen molar-refractivity contribution in [3.63, 3.8) is 0 Å². The van der Waals surface area contributed by atoms with E-state index in [9.17, 15) is 9.90 Å². The van der Waals surface area contributed by atoms with Crippen LogP contribution in [0.1, 0.15) is 61.5 Å². The number of aromatic carboxylic acids is 1. The predicted octanol–water partition coefficient (Wildman–Crippen LogP) is 6.25. The van der Waals surface area contributed by atoms with Crippen LogP contribution in [0.4, 0.5) is 4.39 Å². The molecule has 41 heavy (non-hydrogen) atoms. The number of hydrogen-bond donors (Lipinski definition) is 1. The first-order valence-corrected chi connectivity index (χ1v) is 14.6. The maximum absolute atomic E-state index is 15.9. The summed E-state index contributed by atoms with van der Waals surface area (Å²) in [6.45, 7) is 9.80. The van der Waals surface area contributed by atoms with Gasteiger partial charge in [-0.3, -0.25) is 4.90 Å². The summed E-state index contributed by atoms with van der Waals surface area (Å²) in [7, 11) is 0. The number of allylic oxidation sites excluding steroid dienone is 3. The number of alkyl halides is 1. The first kappa shape index (κ1) is 28.9. The van der Waals surface area contributed by atoms with E-state index in [1.54, 1.807) is 12.1 Å².